The fraction of sp³-hybridized carbons (Fsp3) is 0.208. The number of para-hydroxylation sites is 1. The van der Waals surface area contributed by atoms with Crippen molar-refractivity contribution in [2.75, 3.05) is 13.1 Å². The summed E-state index contributed by atoms with van der Waals surface area (Å²) in [5.41, 5.74) is 7.15. The minimum atomic E-state index is 0.786. The second-order valence-corrected chi connectivity index (χ2v) is 8.03. The largest absolute Gasteiger partial charge is 0.353 e. The Morgan fingerprint density at radius 2 is 1.80 bits per heavy atom. The second kappa shape index (κ2) is 7.07. The van der Waals surface area contributed by atoms with Gasteiger partial charge in [0.15, 0.2) is 5.65 Å². The van der Waals surface area contributed by atoms with Crippen molar-refractivity contribution in [3.8, 4) is 22.5 Å². The second-order valence-electron chi connectivity index (χ2n) is 8.03. The predicted molar refractivity (Wildman–Crippen MR) is 119 cm³/mol. The van der Waals surface area contributed by atoms with E-state index in [2.05, 4.69) is 60.4 Å². The molecule has 6 rings (SSSR count). The number of aromatic nitrogens is 5. The van der Waals surface area contributed by atoms with E-state index in [1.54, 1.807) is 0 Å². The molecule has 30 heavy (non-hydrogen) atoms. The number of benzene rings is 1. The Balaban J connectivity index is 1.39. The first-order valence-corrected chi connectivity index (χ1v) is 10.4. The lowest BCUT2D eigenvalue weighted by molar-refractivity contribution is 0.331. The van der Waals surface area contributed by atoms with Crippen LogP contribution in [0.4, 0.5) is 0 Å². The fourth-order valence-corrected chi connectivity index (χ4v) is 4.40. The van der Waals surface area contributed by atoms with Crippen molar-refractivity contribution in [2.45, 2.75) is 19.4 Å². The zero-order valence-corrected chi connectivity index (χ0v) is 16.6. The first-order chi connectivity index (χ1) is 14.8. The van der Waals surface area contributed by atoms with Crippen LogP contribution in [0, 0.1) is 0 Å². The molecule has 0 unspecified atom stereocenters. The zero-order chi connectivity index (χ0) is 19.9. The van der Waals surface area contributed by atoms with Crippen molar-refractivity contribution in [1.29, 1.82) is 0 Å². The van der Waals surface area contributed by atoms with Crippen LogP contribution < -0.4 is 0 Å². The number of pyridine rings is 2. The Bertz CT molecular complexity index is 1310. The topological polar surface area (TPSA) is 73.5 Å². The van der Waals surface area contributed by atoms with E-state index in [0.29, 0.717) is 0 Å². The summed E-state index contributed by atoms with van der Waals surface area (Å²) in [6.45, 7) is 3.32. The number of rotatable bonds is 4. The zero-order valence-electron chi connectivity index (χ0n) is 16.6. The van der Waals surface area contributed by atoms with Crippen LogP contribution in [-0.2, 0) is 6.54 Å². The quantitative estimate of drug-likeness (QED) is 0.461. The molecule has 148 valence electrons. The number of hydrogen-bond donors (Lipinski definition) is 2. The average Bonchev–Trinajstić information content (AvgIpc) is 3.52. The molecule has 1 saturated heterocycles. The number of nitrogens with one attached hydrogen (secondary N) is 2. The molecular formula is C24H22N6. The van der Waals surface area contributed by atoms with Gasteiger partial charge >= 0.3 is 0 Å². The van der Waals surface area contributed by atoms with Crippen LogP contribution in [0.15, 0.2) is 61.1 Å². The molecule has 0 atom stereocenters. The van der Waals surface area contributed by atoms with Gasteiger partial charge in [-0.05, 0) is 55.8 Å². The van der Waals surface area contributed by atoms with E-state index in [-0.39, 0.29) is 0 Å². The van der Waals surface area contributed by atoms with Crippen LogP contribution in [-0.4, -0.2) is 43.1 Å². The van der Waals surface area contributed by atoms with E-state index >= 15 is 0 Å². The van der Waals surface area contributed by atoms with Gasteiger partial charge in [0.05, 0.1) is 5.69 Å². The molecule has 1 aliphatic rings. The third-order valence-electron chi connectivity index (χ3n) is 5.93. The summed E-state index contributed by atoms with van der Waals surface area (Å²) in [4.78, 5) is 15.1. The van der Waals surface area contributed by atoms with Gasteiger partial charge in [-0.25, -0.2) is 4.98 Å². The molecule has 5 heterocycles. The van der Waals surface area contributed by atoms with Gasteiger partial charge in [0.2, 0.25) is 0 Å². The molecule has 0 amide bonds. The molecule has 1 fully saturated rings. The van der Waals surface area contributed by atoms with Crippen molar-refractivity contribution >= 4 is 21.9 Å². The van der Waals surface area contributed by atoms with E-state index in [1.807, 2.05) is 30.7 Å². The molecule has 0 saturated carbocycles. The Morgan fingerprint density at radius 3 is 2.70 bits per heavy atom. The highest BCUT2D eigenvalue weighted by atomic mass is 15.2. The van der Waals surface area contributed by atoms with Crippen molar-refractivity contribution in [3.05, 3.63) is 66.6 Å². The van der Waals surface area contributed by atoms with Crippen LogP contribution in [0.3, 0.4) is 0 Å². The maximum atomic E-state index is 4.62. The molecular weight excluding hydrogens is 372 g/mol. The van der Waals surface area contributed by atoms with Gasteiger partial charge in [0.25, 0.3) is 0 Å². The number of nitrogens with zero attached hydrogens (tertiary/aromatic N) is 4. The number of H-pyrrole nitrogens is 2. The lowest BCUT2D eigenvalue weighted by Gasteiger charge is -2.14. The lowest BCUT2D eigenvalue weighted by Crippen LogP contribution is -2.18. The minimum absolute atomic E-state index is 0.786. The van der Waals surface area contributed by atoms with Gasteiger partial charge in [-0.1, -0.05) is 18.2 Å². The molecule has 0 aliphatic carbocycles. The number of likely N-dealkylation sites (tertiary alicyclic amines) is 1. The maximum absolute atomic E-state index is 4.62. The van der Waals surface area contributed by atoms with Crippen molar-refractivity contribution in [2.24, 2.45) is 0 Å². The van der Waals surface area contributed by atoms with Crippen LogP contribution >= 0.6 is 0 Å². The molecule has 1 aromatic carbocycles. The third kappa shape index (κ3) is 3.06. The maximum Gasteiger partial charge on any atom is 0.155 e. The predicted octanol–water partition coefficient (Wildman–Crippen LogP) is 4.76. The normalized spacial score (nSPS) is 14.8. The molecule has 6 heteroatoms. The summed E-state index contributed by atoms with van der Waals surface area (Å²) >= 11 is 0. The Hall–Kier alpha value is -3.51. The smallest absolute Gasteiger partial charge is 0.155 e. The molecule has 0 radical (unpaired) electrons. The van der Waals surface area contributed by atoms with Gasteiger partial charge in [-0.15, -0.1) is 0 Å². The van der Waals surface area contributed by atoms with Gasteiger partial charge < -0.3 is 4.98 Å². The highest BCUT2D eigenvalue weighted by Crippen LogP contribution is 2.31. The monoisotopic (exact) mass is 394 g/mol. The van der Waals surface area contributed by atoms with Gasteiger partial charge in [0.1, 0.15) is 5.69 Å². The van der Waals surface area contributed by atoms with Crippen molar-refractivity contribution in [1.82, 2.24) is 30.0 Å². The summed E-state index contributed by atoms with van der Waals surface area (Å²) in [5.74, 6) is 0. The summed E-state index contributed by atoms with van der Waals surface area (Å²) in [6.07, 6.45) is 8.38. The van der Waals surface area contributed by atoms with Crippen LogP contribution in [0.25, 0.3) is 44.5 Å². The van der Waals surface area contributed by atoms with E-state index < -0.39 is 0 Å². The fourth-order valence-electron chi connectivity index (χ4n) is 4.40. The number of fused-ring (bicyclic) bond motifs is 2. The standard InChI is InChI=1S/C24H22N6/c1-2-6-21-17(5-1)11-22(27-21)23-20-10-19(14-26-24(20)29-28-23)18-9-16(12-25-13-18)15-30-7-3-4-8-30/h1-2,5-6,9-14,27H,3-4,7-8,15H2,(H,26,28,29). The summed E-state index contributed by atoms with van der Waals surface area (Å²) in [7, 11) is 0. The highest BCUT2D eigenvalue weighted by Gasteiger charge is 2.15. The van der Waals surface area contributed by atoms with Crippen molar-refractivity contribution < 1.29 is 0 Å². The summed E-state index contributed by atoms with van der Waals surface area (Å²) in [5, 5.41) is 9.78. The van der Waals surface area contributed by atoms with E-state index in [4.69, 9.17) is 0 Å². The molecule has 1 aliphatic heterocycles. The minimum Gasteiger partial charge on any atom is -0.353 e. The number of hydrogen-bond acceptors (Lipinski definition) is 4. The van der Waals surface area contributed by atoms with Gasteiger partial charge in [0, 0.05) is 52.6 Å². The SMILES string of the molecule is c1ccc2[nH]c(-c3n[nH]c4ncc(-c5cncc(CN6CCCC6)c5)cc34)cc2c1. The van der Waals surface area contributed by atoms with E-state index in [0.717, 1.165) is 45.6 Å². The third-order valence-corrected chi connectivity index (χ3v) is 5.93. The van der Waals surface area contributed by atoms with Crippen molar-refractivity contribution in [3.63, 3.8) is 0 Å². The van der Waals surface area contributed by atoms with Crippen LogP contribution in [0.5, 0.6) is 0 Å². The Labute approximate surface area is 174 Å². The lowest BCUT2D eigenvalue weighted by atomic mass is 10.1. The Kier molecular flexibility index (Phi) is 4.09. The first kappa shape index (κ1) is 17.4. The molecule has 4 aromatic heterocycles. The van der Waals surface area contributed by atoms with Gasteiger partial charge in [-0.3, -0.25) is 15.0 Å². The molecule has 5 aromatic rings. The number of aromatic amines is 2. The molecule has 0 spiro atoms. The summed E-state index contributed by atoms with van der Waals surface area (Å²) < 4.78 is 0. The molecule has 2 N–H and O–H groups in total. The highest BCUT2D eigenvalue weighted by molar-refractivity contribution is 5.95. The molecule has 0 bridgehead atoms. The van der Waals surface area contributed by atoms with E-state index in [1.165, 1.54) is 36.9 Å². The average molecular weight is 394 g/mol. The molecule has 6 nitrogen and oxygen atoms in total. The van der Waals surface area contributed by atoms with E-state index in [9.17, 15) is 0 Å². The van der Waals surface area contributed by atoms with Crippen LogP contribution in [0.2, 0.25) is 0 Å². The first-order valence-electron chi connectivity index (χ1n) is 10.4. The Morgan fingerprint density at radius 1 is 0.933 bits per heavy atom. The van der Waals surface area contributed by atoms with Gasteiger partial charge in [-0.2, -0.15) is 5.10 Å². The summed E-state index contributed by atoms with van der Waals surface area (Å²) in [6, 6.07) is 14.8. The van der Waals surface area contributed by atoms with Crippen LogP contribution in [0.1, 0.15) is 18.4 Å².